The van der Waals surface area contributed by atoms with Gasteiger partial charge in [0.05, 0.1) is 12.3 Å². The molecule has 1 aromatic rings. The van der Waals surface area contributed by atoms with E-state index in [0.717, 1.165) is 19.2 Å². The fourth-order valence-corrected chi connectivity index (χ4v) is 3.28. The van der Waals surface area contributed by atoms with E-state index in [-0.39, 0.29) is 16.5 Å². The van der Waals surface area contributed by atoms with Gasteiger partial charge in [-0.3, -0.25) is 0 Å². The van der Waals surface area contributed by atoms with Crippen LogP contribution in [0.3, 0.4) is 0 Å². The van der Waals surface area contributed by atoms with Crippen molar-refractivity contribution >= 4 is 33.2 Å². The van der Waals surface area contributed by atoms with Crippen LogP contribution in [-0.2, 0) is 15.9 Å². The van der Waals surface area contributed by atoms with Crippen LogP contribution in [0.25, 0.3) is 0 Å². The summed E-state index contributed by atoms with van der Waals surface area (Å²) in [5, 5.41) is -0.0742. The van der Waals surface area contributed by atoms with Gasteiger partial charge < -0.3 is 0 Å². The lowest BCUT2D eigenvalue weighted by molar-refractivity contribution is -0.135. The Hall–Kier alpha value is -0.570. The number of hydrogen-bond donors (Lipinski definition) is 0. The molecule has 0 fully saturated rings. The van der Waals surface area contributed by atoms with Crippen LogP contribution in [0.5, 0.6) is 0 Å². The van der Waals surface area contributed by atoms with Crippen molar-refractivity contribution in [2.24, 2.45) is 0 Å². The Kier molecular flexibility index (Phi) is 5.88. The highest BCUT2D eigenvalue weighted by atomic mass is 35.5. The molecule has 0 amide bonds. The number of benzene rings is 1. The molecule has 0 unspecified atom stereocenters. The minimum absolute atomic E-state index is 0.0742. The Morgan fingerprint density at radius 1 is 1.29 bits per heavy atom. The number of hydrogen-bond acceptors (Lipinski definition) is 2. The summed E-state index contributed by atoms with van der Waals surface area (Å²) in [5.74, 6) is -1.44. The molecule has 0 aliphatic heterocycles. The number of alkyl halides is 4. The van der Waals surface area contributed by atoms with E-state index < -0.39 is 39.9 Å². The zero-order chi connectivity index (χ0) is 16.4. The van der Waals surface area contributed by atoms with Crippen LogP contribution < -0.4 is 0 Å². The second-order valence-corrected chi connectivity index (χ2v) is 6.92. The van der Waals surface area contributed by atoms with Crippen molar-refractivity contribution in [2.45, 2.75) is 23.4 Å². The van der Waals surface area contributed by atoms with E-state index in [1.54, 1.807) is 0 Å². The molecule has 0 saturated carbocycles. The number of nitrogens with zero attached hydrogens (tertiary/aromatic N) is 1. The zero-order valence-corrected chi connectivity index (χ0v) is 13.0. The van der Waals surface area contributed by atoms with Gasteiger partial charge in [0.2, 0.25) is 10.0 Å². The van der Waals surface area contributed by atoms with E-state index in [2.05, 4.69) is 0 Å². The van der Waals surface area contributed by atoms with Crippen molar-refractivity contribution in [1.29, 1.82) is 0 Å². The molecule has 0 bridgehead atoms. The quantitative estimate of drug-likeness (QED) is 0.586. The lowest BCUT2D eigenvalue weighted by atomic mass is 10.2. The highest BCUT2D eigenvalue weighted by Crippen LogP contribution is 2.28. The molecule has 3 nitrogen and oxygen atoms in total. The zero-order valence-electron chi connectivity index (χ0n) is 10.7. The average Bonchev–Trinajstić information content (AvgIpc) is 2.36. The van der Waals surface area contributed by atoms with E-state index in [9.17, 15) is 26.0 Å². The van der Waals surface area contributed by atoms with E-state index in [1.807, 2.05) is 0 Å². The molecule has 21 heavy (non-hydrogen) atoms. The van der Waals surface area contributed by atoms with Gasteiger partial charge >= 0.3 is 6.18 Å². The van der Waals surface area contributed by atoms with Crippen molar-refractivity contribution in [2.75, 3.05) is 13.6 Å². The van der Waals surface area contributed by atoms with Gasteiger partial charge in [0.1, 0.15) is 10.7 Å². The summed E-state index contributed by atoms with van der Waals surface area (Å²) < 4.78 is 75.1. The topological polar surface area (TPSA) is 37.4 Å². The first-order valence-electron chi connectivity index (χ1n) is 5.56. The van der Waals surface area contributed by atoms with Crippen LogP contribution in [0.15, 0.2) is 17.0 Å². The number of rotatable bonds is 5. The first-order valence-corrected chi connectivity index (χ1v) is 7.91. The molecule has 0 atom stereocenters. The van der Waals surface area contributed by atoms with Crippen LogP contribution in [-0.4, -0.2) is 32.5 Å². The van der Waals surface area contributed by atoms with Gasteiger partial charge in [-0.1, -0.05) is 11.6 Å². The van der Waals surface area contributed by atoms with Crippen LogP contribution in [0.1, 0.15) is 12.0 Å². The number of sulfonamides is 1. The predicted octanol–water partition coefficient (Wildman–Crippen LogP) is 3.79. The molecular formula is C11H11Cl2F4NO2S. The second kappa shape index (κ2) is 6.68. The summed E-state index contributed by atoms with van der Waals surface area (Å²) >= 11 is 11.1. The first kappa shape index (κ1) is 18.5. The van der Waals surface area contributed by atoms with Crippen molar-refractivity contribution in [1.82, 2.24) is 4.31 Å². The molecule has 10 heteroatoms. The molecule has 0 radical (unpaired) electrons. The van der Waals surface area contributed by atoms with Gasteiger partial charge in [0.15, 0.2) is 0 Å². The van der Waals surface area contributed by atoms with Crippen molar-refractivity contribution in [3.63, 3.8) is 0 Å². The molecule has 0 saturated heterocycles. The summed E-state index contributed by atoms with van der Waals surface area (Å²) in [5.41, 5.74) is -0.146. The average molecular weight is 368 g/mol. The fourth-order valence-electron chi connectivity index (χ4n) is 1.48. The van der Waals surface area contributed by atoms with Crippen LogP contribution >= 0.6 is 23.2 Å². The standard InChI is InChI=1S/C11H11Cl2F4NO2S/c1-18(3-2-11(15,16)17)21(19,20)9-5-8(13)4-7(6-12)10(9)14/h4-5H,2-3,6H2,1H3. The Balaban J connectivity index is 3.16. The second-order valence-electron chi connectivity index (χ2n) is 4.20. The highest BCUT2D eigenvalue weighted by Gasteiger charge is 2.32. The van der Waals surface area contributed by atoms with Gasteiger partial charge in [0, 0.05) is 24.2 Å². The van der Waals surface area contributed by atoms with Gasteiger partial charge in [-0.25, -0.2) is 17.1 Å². The monoisotopic (exact) mass is 367 g/mol. The summed E-state index contributed by atoms with van der Waals surface area (Å²) in [6.07, 6.45) is -5.86. The predicted molar refractivity (Wildman–Crippen MR) is 71.5 cm³/mol. The molecule has 0 aliphatic rings. The molecule has 120 valence electrons. The third-order valence-electron chi connectivity index (χ3n) is 2.62. The van der Waals surface area contributed by atoms with Gasteiger partial charge in [0.25, 0.3) is 0 Å². The lowest BCUT2D eigenvalue weighted by Gasteiger charge is -2.19. The Morgan fingerprint density at radius 2 is 1.86 bits per heavy atom. The highest BCUT2D eigenvalue weighted by molar-refractivity contribution is 7.89. The molecule has 0 heterocycles. The summed E-state index contributed by atoms with van der Waals surface area (Å²) in [7, 11) is -3.50. The summed E-state index contributed by atoms with van der Waals surface area (Å²) in [6.45, 7) is -0.825. The van der Waals surface area contributed by atoms with Crippen LogP contribution in [0.4, 0.5) is 17.6 Å². The van der Waals surface area contributed by atoms with Crippen molar-refractivity contribution in [3.05, 3.63) is 28.5 Å². The maximum atomic E-state index is 14.0. The smallest absolute Gasteiger partial charge is 0.207 e. The number of halogens is 6. The molecule has 1 aromatic carbocycles. The molecule has 0 aromatic heterocycles. The lowest BCUT2D eigenvalue weighted by Crippen LogP contribution is -2.31. The maximum Gasteiger partial charge on any atom is 0.390 e. The minimum atomic E-state index is -4.52. The summed E-state index contributed by atoms with van der Waals surface area (Å²) in [6, 6.07) is 1.99. The van der Waals surface area contributed by atoms with Gasteiger partial charge in [-0.05, 0) is 12.1 Å². The Bertz CT molecular complexity index is 619. The van der Waals surface area contributed by atoms with Crippen molar-refractivity contribution in [3.8, 4) is 0 Å². The molecule has 1 rings (SSSR count). The SMILES string of the molecule is CN(CCC(F)(F)F)S(=O)(=O)c1cc(Cl)cc(CCl)c1F. The van der Waals surface area contributed by atoms with E-state index in [0.29, 0.717) is 4.31 Å². The normalized spacial score (nSPS) is 13.0. The van der Waals surface area contributed by atoms with Crippen LogP contribution in [0, 0.1) is 5.82 Å². The van der Waals surface area contributed by atoms with Gasteiger partial charge in [-0.2, -0.15) is 13.2 Å². The molecule has 0 N–H and O–H groups in total. The third kappa shape index (κ3) is 4.70. The molecular weight excluding hydrogens is 357 g/mol. The third-order valence-corrected chi connectivity index (χ3v) is 4.98. The van der Waals surface area contributed by atoms with E-state index in [1.165, 1.54) is 0 Å². The first-order chi connectivity index (χ1) is 9.49. The van der Waals surface area contributed by atoms with E-state index in [4.69, 9.17) is 23.2 Å². The van der Waals surface area contributed by atoms with Crippen molar-refractivity contribution < 1.29 is 26.0 Å². The minimum Gasteiger partial charge on any atom is -0.207 e. The maximum absolute atomic E-state index is 14.0. The molecule has 0 aliphatic carbocycles. The van der Waals surface area contributed by atoms with E-state index >= 15 is 0 Å². The largest absolute Gasteiger partial charge is 0.390 e. The Labute approximate surface area is 129 Å². The Morgan fingerprint density at radius 3 is 2.33 bits per heavy atom. The fraction of sp³-hybridized carbons (Fsp3) is 0.455. The summed E-state index contributed by atoms with van der Waals surface area (Å²) in [4.78, 5) is -0.796. The van der Waals surface area contributed by atoms with Crippen LogP contribution in [0.2, 0.25) is 5.02 Å². The molecule has 0 spiro atoms. The van der Waals surface area contributed by atoms with Gasteiger partial charge in [-0.15, -0.1) is 11.6 Å².